The highest BCUT2D eigenvalue weighted by Crippen LogP contribution is 2.10. The van der Waals surface area contributed by atoms with Crippen molar-refractivity contribution in [1.82, 2.24) is 10.1 Å². The van der Waals surface area contributed by atoms with Crippen LogP contribution in [-0.2, 0) is 4.74 Å². The van der Waals surface area contributed by atoms with Crippen LogP contribution in [0.15, 0.2) is 4.52 Å². The molecule has 12 heavy (non-hydrogen) atoms. The molecule has 66 valence electrons. The van der Waals surface area contributed by atoms with E-state index in [1.165, 1.54) is 0 Å². The molecule has 5 nitrogen and oxygen atoms in total. The fourth-order valence-corrected chi connectivity index (χ4v) is 1.18. The summed E-state index contributed by atoms with van der Waals surface area (Å²) >= 11 is 0. The van der Waals surface area contributed by atoms with Crippen molar-refractivity contribution in [2.75, 3.05) is 18.5 Å². The molecule has 1 fully saturated rings. The lowest BCUT2D eigenvalue weighted by molar-refractivity contribution is 0.195. The zero-order chi connectivity index (χ0) is 8.39. The monoisotopic (exact) mass is 169 g/mol. The highest BCUT2D eigenvalue weighted by atomic mass is 16.5. The number of ether oxygens (including phenoxy) is 1. The Balaban J connectivity index is 1.94. The van der Waals surface area contributed by atoms with Gasteiger partial charge in [0.1, 0.15) is 0 Å². The van der Waals surface area contributed by atoms with E-state index in [1.54, 1.807) is 6.92 Å². The molecule has 5 heteroatoms. The second-order valence-corrected chi connectivity index (χ2v) is 2.85. The zero-order valence-corrected chi connectivity index (χ0v) is 6.91. The molecule has 0 bridgehead atoms. The van der Waals surface area contributed by atoms with Crippen LogP contribution in [0.3, 0.4) is 0 Å². The molecule has 2 rings (SSSR count). The molecule has 1 aromatic heterocycles. The van der Waals surface area contributed by atoms with E-state index in [-0.39, 0.29) is 0 Å². The number of anilines is 1. The molecule has 0 saturated carbocycles. The maximum Gasteiger partial charge on any atom is 0.321 e. The third-order valence-electron chi connectivity index (χ3n) is 1.78. The standard InChI is InChI=1S/C7H11N3O2/c1-5-8-7(12-10-5)9-6-2-3-11-4-6/h6H,2-4H2,1H3,(H,8,9,10). The lowest BCUT2D eigenvalue weighted by Crippen LogP contribution is -2.18. The van der Waals surface area contributed by atoms with Gasteiger partial charge in [0.15, 0.2) is 5.82 Å². The molecule has 1 saturated heterocycles. The van der Waals surface area contributed by atoms with Gasteiger partial charge in [-0.3, -0.25) is 0 Å². The average molecular weight is 169 g/mol. The Morgan fingerprint density at radius 2 is 2.50 bits per heavy atom. The lowest BCUT2D eigenvalue weighted by atomic mass is 10.3. The molecule has 0 aromatic carbocycles. The Morgan fingerprint density at radius 1 is 1.58 bits per heavy atom. The SMILES string of the molecule is Cc1noc(NC2CCOC2)n1. The van der Waals surface area contributed by atoms with Crippen LogP contribution in [0.25, 0.3) is 0 Å². The number of aryl methyl sites for hydroxylation is 1. The van der Waals surface area contributed by atoms with Crippen molar-refractivity contribution in [3.63, 3.8) is 0 Å². The number of rotatable bonds is 2. The Bertz CT molecular complexity index is 255. The fourth-order valence-electron chi connectivity index (χ4n) is 1.18. The Hall–Kier alpha value is -1.10. The van der Waals surface area contributed by atoms with E-state index in [1.807, 2.05) is 0 Å². The number of hydrogen-bond donors (Lipinski definition) is 1. The largest absolute Gasteiger partial charge is 0.379 e. The van der Waals surface area contributed by atoms with Crippen molar-refractivity contribution in [3.05, 3.63) is 5.82 Å². The van der Waals surface area contributed by atoms with Gasteiger partial charge in [-0.25, -0.2) is 0 Å². The van der Waals surface area contributed by atoms with E-state index in [4.69, 9.17) is 9.26 Å². The van der Waals surface area contributed by atoms with Gasteiger partial charge < -0.3 is 14.6 Å². The molecular weight excluding hydrogens is 158 g/mol. The molecule has 1 aliphatic rings. The van der Waals surface area contributed by atoms with Gasteiger partial charge in [0.2, 0.25) is 0 Å². The number of aromatic nitrogens is 2. The third kappa shape index (κ3) is 1.55. The van der Waals surface area contributed by atoms with Crippen LogP contribution in [0.2, 0.25) is 0 Å². The molecule has 0 amide bonds. The van der Waals surface area contributed by atoms with Gasteiger partial charge in [-0.1, -0.05) is 5.16 Å². The maximum atomic E-state index is 5.18. The highest BCUT2D eigenvalue weighted by Gasteiger charge is 2.17. The van der Waals surface area contributed by atoms with E-state index in [0.717, 1.165) is 19.6 Å². The molecule has 0 spiro atoms. The van der Waals surface area contributed by atoms with Crippen LogP contribution in [0.5, 0.6) is 0 Å². The van der Waals surface area contributed by atoms with Gasteiger partial charge in [0, 0.05) is 6.61 Å². The highest BCUT2D eigenvalue weighted by molar-refractivity contribution is 5.20. The summed E-state index contributed by atoms with van der Waals surface area (Å²) in [4.78, 5) is 4.03. The van der Waals surface area contributed by atoms with Gasteiger partial charge in [0.05, 0.1) is 12.6 Å². The predicted octanol–water partition coefficient (Wildman–Crippen LogP) is 0.579. The van der Waals surface area contributed by atoms with Crippen LogP contribution in [-0.4, -0.2) is 29.4 Å². The van der Waals surface area contributed by atoms with Crippen LogP contribution < -0.4 is 5.32 Å². The summed E-state index contributed by atoms with van der Waals surface area (Å²) in [6.07, 6.45) is 1.00. The van der Waals surface area contributed by atoms with Crippen LogP contribution in [0.4, 0.5) is 6.01 Å². The van der Waals surface area contributed by atoms with Gasteiger partial charge in [-0.2, -0.15) is 4.98 Å². The van der Waals surface area contributed by atoms with Crippen LogP contribution in [0.1, 0.15) is 12.2 Å². The smallest absolute Gasteiger partial charge is 0.321 e. The van der Waals surface area contributed by atoms with Gasteiger partial charge in [-0.15, -0.1) is 0 Å². The molecule has 1 aliphatic heterocycles. The summed E-state index contributed by atoms with van der Waals surface area (Å²) in [5.74, 6) is 0.649. The number of nitrogens with one attached hydrogen (secondary N) is 1. The second kappa shape index (κ2) is 3.10. The Labute approximate surface area is 70.1 Å². The first-order chi connectivity index (χ1) is 5.84. The number of hydrogen-bond acceptors (Lipinski definition) is 5. The molecule has 1 aromatic rings. The number of nitrogens with zero attached hydrogens (tertiary/aromatic N) is 2. The first kappa shape index (κ1) is 7.54. The van der Waals surface area contributed by atoms with Crippen LogP contribution >= 0.6 is 0 Å². The quantitative estimate of drug-likeness (QED) is 0.701. The molecule has 0 aliphatic carbocycles. The van der Waals surface area contributed by atoms with Gasteiger partial charge in [-0.05, 0) is 13.3 Å². The van der Waals surface area contributed by atoms with Crippen molar-refractivity contribution in [2.45, 2.75) is 19.4 Å². The summed E-state index contributed by atoms with van der Waals surface area (Å²) in [6, 6.07) is 0.813. The molecule has 1 unspecified atom stereocenters. The summed E-state index contributed by atoms with van der Waals surface area (Å²) in [5, 5.41) is 6.77. The summed E-state index contributed by atoms with van der Waals surface area (Å²) in [5.41, 5.74) is 0. The minimum Gasteiger partial charge on any atom is -0.379 e. The van der Waals surface area contributed by atoms with E-state index in [0.29, 0.717) is 17.9 Å². The minimum atomic E-state index is 0.324. The first-order valence-corrected chi connectivity index (χ1v) is 3.99. The molecule has 2 heterocycles. The van der Waals surface area contributed by atoms with Crippen LogP contribution in [0, 0.1) is 6.92 Å². The molecule has 1 atom stereocenters. The van der Waals surface area contributed by atoms with E-state index < -0.39 is 0 Å². The zero-order valence-electron chi connectivity index (χ0n) is 6.91. The van der Waals surface area contributed by atoms with E-state index in [9.17, 15) is 0 Å². The summed E-state index contributed by atoms with van der Waals surface area (Å²) < 4.78 is 10.1. The third-order valence-corrected chi connectivity index (χ3v) is 1.78. The second-order valence-electron chi connectivity index (χ2n) is 2.85. The Morgan fingerprint density at radius 3 is 3.08 bits per heavy atom. The molecule has 1 N–H and O–H groups in total. The van der Waals surface area contributed by atoms with Crippen molar-refractivity contribution >= 4 is 6.01 Å². The summed E-state index contributed by atoms with van der Waals surface area (Å²) in [6.45, 7) is 3.33. The molecule has 0 radical (unpaired) electrons. The lowest BCUT2D eigenvalue weighted by Gasteiger charge is -2.05. The topological polar surface area (TPSA) is 60.2 Å². The van der Waals surface area contributed by atoms with Crippen molar-refractivity contribution in [1.29, 1.82) is 0 Å². The molecular formula is C7H11N3O2. The van der Waals surface area contributed by atoms with E-state index >= 15 is 0 Å². The van der Waals surface area contributed by atoms with Crippen molar-refractivity contribution in [2.24, 2.45) is 0 Å². The maximum absolute atomic E-state index is 5.18. The Kier molecular flexibility index (Phi) is 1.95. The van der Waals surface area contributed by atoms with Gasteiger partial charge in [0.25, 0.3) is 0 Å². The van der Waals surface area contributed by atoms with E-state index in [2.05, 4.69) is 15.5 Å². The van der Waals surface area contributed by atoms with Crippen molar-refractivity contribution < 1.29 is 9.26 Å². The average Bonchev–Trinajstić information content (AvgIpc) is 2.63. The minimum absolute atomic E-state index is 0.324. The van der Waals surface area contributed by atoms with Crippen molar-refractivity contribution in [3.8, 4) is 0 Å². The first-order valence-electron chi connectivity index (χ1n) is 3.99. The predicted molar refractivity (Wildman–Crippen MR) is 41.9 cm³/mol. The normalized spacial score (nSPS) is 22.9. The summed E-state index contributed by atoms with van der Waals surface area (Å²) in [7, 11) is 0. The van der Waals surface area contributed by atoms with Gasteiger partial charge >= 0.3 is 6.01 Å². The fraction of sp³-hybridized carbons (Fsp3) is 0.714.